The number of H-pyrrole nitrogens is 1. The molecule has 3 rings (SSSR count). The van der Waals surface area contributed by atoms with Crippen molar-refractivity contribution in [2.75, 3.05) is 0 Å². The molecule has 19 heavy (non-hydrogen) atoms. The molecule has 1 aromatic heterocycles. The summed E-state index contributed by atoms with van der Waals surface area (Å²) >= 11 is 0. The molecule has 1 saturated carbocycles. The number of aryl methyl sites for hydroxylation is 1. The number of nitrogens with zero attached hydrogens (tertiary/aromatic N) is 1. The van der Waals surface area contributed by atoms with Gasteiger partial charge in [-0.2, -0.15) is 5.10 Å². The van der Waals surface area contributed by atoms with E-state index in [1.165, 1.54) is 43.9 Å². The summed E-state index contributed by atoms with van der Waals surface area (Å²) < 4.78 is 13.3. The van der Waals surface area contributed by atoms with Crippen LogP contribution in [-0.2, 0) is 0 Å². The maximum Gasteiger partial charge on any atom is 0.126 e. The molecule has 1 fully saturated rings. The lowest BCUT2D eigenvalue weighted by Crippen LogP contribution is -2.04. The summed E-state index contributed by atoms with van der Waals surface area (Å²) in [6, 6.07) is 7.29. The summed E-state index contributed by atoms with van der Waals surface area (Å²) in [6.07, 6.45) is 6.49. The number of benzene rings is 1. The van der Waals surface area contributed by atoms with Gasteiger partial charge in [0.25, 0.3) is 0 Å². The van der Waals surface area contributed by atoms with Gasteiger partial charge in [0.15, 0.2) is 0 Å². The molecule has 1 aliphatic carbocycles. The van der Waals surface area contributed by atoms with Gasteiger partial charge in [0.2, 0.25) is 0 Å². The largest absolute Gasteiger partial charge is 0.282 e. The Morgan fingerprint density at radius 3 is 2.68 bits per heavy atom. The second kappa shape index (κ2) is 5.16. The number of nitrogens with one attached hydrogen (secondary N) is 1. The fourth-order valence-electron chi connectivity index (χ4n) is 2.91. The molecule has 1 heterocycles. The molecule has 0 amide bonds. The monoisotopic (exact) mass is 258 g/mol. The van der Waals surface area contributed by atoms with Crippen LogP contribution in [0.5, 0.6) is 0 Å². The number of aromatic amines is 1. The molecule has 3 heteroatoms. The van der Waals surface area contributed by atoms with Gasteiger partial charge in [-0.1, -0.05) is 19.3 Å². The first-order chi connectivity index (χ1) is 9.24. The predicted octanol–water partition coefficient (Wildman–Crippen LogP) is 4.57. The van der Waals surface area contributed by atoms with Crippen LogP contribution >= 0.6 is 0 Å². The Hall–Kier alpha value is -1.64. The zero-order chi connectivity index (χ0) is 13.2. The molecule has 0 saturated heterocycles. The van der Waals surface area contributed by atoms with Crippen molar-refractivity contribution in [3.63, 3.8) is 0 Å². The van der Waals surface area contributed by atoms with Crippen molar-refractivity contribution in [2.45, 2.75) is 44.9 Å². The fraction of sp³-hybridized carbons (Fsp3) is 0.438. The van der Waals surface area contributed by atoms with E-state index in [2.05, 4.69) is 16.3 Å². The van der Waals surface area contributed by atoms with Gasteiger partial charge in [-0.25, -0.2) is 4.39 Å². The van der Waals surface area contributed by atoms with Crippen molar-refractivity contribution in [3.05, 3.63) is 41.3 Å². The third kappa shape index (κ3) is 2.55. The third-order valence-electron chi connectivity index (χ3n) is 4.10. The van der Waals surface area contributed by atoms with E-state index in [0.717, 1.165) is 11.3 Å². The lowest BCUT2D eigenvalue weighted by molar-refractivity contribution is 0.436. The maximum atomic E-state index is 13.3. The van der Waals surface area contributed by atoms with Crippen LogP contribution in [0.2, 0.25) is 0 Å². The molecule has 0 unspecified atom stereocenters. The summed E-state index contributed by atoms with van der Waals surface area (Å²) in [6.45, 7) is 1.79. The molecule has 1 aliphatic rings. The molecule has 0 spiro atoms. The standard InChI is InChI=1S/C16H19FN2/c1-11-9-13(7-8-14(11)17)16-10-15(18-19-16)12-5-3-2-4-6-12/h7-10,12H,2-6H2,1H3,(H,18,19). The molecule has 1 N–H and O–H groups in total. The number of hydrogen-bond acceptors (Lipinski definition) is 1. The predicted molar refractivity (Wildman–Crippen MR) is 74.5 cm³/mol. The van der Waals surface area contributed by atoms with Crippen molar-refractivity contribution in [3.8, 4) is 11.3 Å². The summed E-state index contributed by atoms with van der Waals surface area (Å²) in [7, 11) is 0. The third-order valence-corrected chi connectivity index (χ3v) is 4.10. The molecule has 0 atom stereocenters. The second-order valence-corrected chi connectivity index (χ2v) is 5.51. The van der Waals surface area contributed by atoms with Gasteiger partial charge in [-0.05, 0) is 49.6 Å². The molecule has 0 aliphatic heterocycles. The van der Waals surface area contributed by atoms with Crippen LogP contribution in [0.1, 0.15) is 49.3 Å². The van der Waals surface area contributed by atoms with Gasteiger partial charge in [0, 0.05) is 17.2 Å². The molecular weight excluding hydrogens is 239 g/mol. The Balaban J connectivity index is 1.85. The van der Waals surface area contributed by atoms with Gasteiger partial charge in [0.05, 0.1) is 5.69 Å². The van der Waals surface area contributed by atoms with E-state index in [9.17, 15) is 4.39 Å². The van der Waals surface area contributed by atoms with Gasteiger partial charge in [0.1, 0.15) is 5.82 Å². The average Bonchev–Trinajstić information content (AvgIpc) is 2.93. The first-order valence-corrected chi connectivity index (χ1v) is 7.06. The van der Waals surface area contributed by atoms with Gasteiger partial charge in [-0.3, -0.25) is 5.10 Å². The zero-order valence-corrected chi connectivity index (χ0v) is 11.2. The second-order valence-electron chi connectivity index (χ2n) is 5.51. The molecule has 0 bridgehead atoms. The van der Waals surface area contributed by atoms with Crippen LogP contribution < -0.4 is 0 Å². The summed E-state index contributed by atoms with van der Waals surface area (Å²) in [5.41, 5.74) is 3.80. The van der Waals surface area contributed by atoms with E-state index >= 15 is 0 Å². The minimum Gasteiger partial charge on any atom is -0.282 e. The lowest BCUT2D eigenvalue weighted by atomic mass is 9.87. The maximum absolute atomic E-state index is 13.3. The summed E-state index contributed by atoms with van der Waals surface area (Å²) in [5, 5.41) is 7.55. The number of halogens is 1. The number of rotatable bonds is 2. The Labute approximate surface area is 113 Å². The Morgan fingerprint density at radius 1 is 1.16 bits per heavy atom. The summed E-state index contributed by atoms with van der Waals surface area (Å²) in [4.78, 5) is 0. The van der Waals surface area contributed by atoms with Gasteiger partial charge < -0.3 is 0 Å². The molecule has 100 valence electrons. The highest BCUT2D eigenvalue weighted by Gasteiger charge is 2.18. The SMILES string of the molecule is Cc1cc(-c2cc(C3CCCCC3)[nH]n2)ccc1F. The highest BCUT2D eigenvalue weighted by Crippen LogP contribution is 2.33. The van der Waals surface area contributed by atoms with E-state index in [4.69, 9.17) is 0 Å². The minimum atomic E-state index is -0.160. The fourth-order valence-corrected chi connectivity index (χ4v) is 2.91. The van der Waals surface area contributed by atoms with Crippen molar-refractivity contribution >= 4 is 0 Å². The van der Waals surface area contributed by atoms with Crippen LogP contribution in [-0.4, -0.2) is 10.2 Å². The highest BCUT2D eigenvalue weighted by atomic mass is 19.1. The van der Waals surface area contributed by atoms with E-state index in [1.54, 1.807) is 13.0 Å². The van der Waals surface area contributed by atoms with Crippen LogP contribution in [0.3, 0.4) is 0 Å². The summed E-state index contributed by atoms with van der Waals surface area (Å²) in [5.74, 6) is 0.461. The molecule has 0 radical (unpaired) electrons. The first kappa shape index (κ1) is 12.4. The normalized spacial score (nSPS) is 16.7. The van der Waals surface area contributed by atoms with Gasteiger partial charge in [-0.15, -0.1) is 0 Å². The van der Waals surface area contributed by atoms with Crippen molar-refractivity contribution in [1.82, 2.24) is 10.2 Å². The van der Waals surface area contributed by atoms with Crippen LogP contribution in [0.4, 0.5) is 4.39 Å². The Morgan fingerprint density at radius 2 is 1.95 bits per heavy atom. The van der Waals surface area contributed by atoms with Crippen LogP contribution in [0, 0.1) is 12.7 Å². The van der Waals surface area contributed by atoms with Crippen molar-refractivity contribution in [2.24, 2.45) is 0 Å². The van der Waals surface area contributed by atoms with Gasteiger partial charge >= 0.3 is 0 Å². The number of aromatic nitrogens is 2. The highest BCUT2D eigenvalue weighted by molar-refractivity contribution is 5.60. The quantitative estimate of drug-likeness (QED) is 0.839. The van der Waals surface area contributed by atoms with Crippen LogP contribution in [0.15, 0.2) is 24.3 Å². The zero-order valence-electron chi connectivity index (χ0n) is 11.2. The Kier molecular flexibility index (Phi) is 3.36. The van der Waals surface area contributed by atoms with E-state index in [1.807, 2.05) is 6.07 Å². The first-order valence-electron chi connectivity index (χ1n) is 7.06. The number of hydrogen-bond donors (Lipinski definition) is 1. The topological polar surface area (TPSA) is 28.7 Å². The molecule has 2 nitrogen and oxygen atoms in total. The Bertz CT molecular complexity index is 568. The minimum absolute atomic E-state index is 0.160. The molecular formula is C16H19FN2. The van der Waals surface area contributed by atoms with Crippen LogP contribution in [0.25, 0.3) is 11.3 Å². The smallest absolute Gasteiger partial charge is 0.126 e. The molecule has 1 aromatic carbocycles. The lowest BCUT2D eigenvalue weighted by Gasteiger charge is -2.19. The van der Waals surface area contributed by atoms with E-state index in [-0.39, 0.29) is 5.82 Å². The average molecular weight is 258 g/mol. The van der Waals surface area contributed by atoms with E-state index < -0.39 is 0 Å². The van der Waals surface area contributed by atoms with E-state index in [0.29, 0.717) is 11.5 Å². The van der Waals surface area contributed by atoms with Crippen molar-refractivity contribution < 1.29 is 4.39 Å². The molecule has 2 aromatic rings. The van der Waals surface area contributed by atoms with Crippen molar-refractivity contribution in [1.29, 1.82) is 0 Å².